The van der Waals surface area contributed by atoms with Crippen LogP contribution in [0.3, 0.4) is 0 Å². The van der Waals surface area contributed by atoms with Gasteiger partial charge in [-0.1, -0.05) is 0 Å². The Morgan fingerprint density at radius 3 is 2.71 bits per heavy atom. The average molecular weight is 261 g/mol. The second-order valence-corrected chi connectivity index (χ2v) is 7.28. The van der Waals surface area contributed by atoms with Crippen LogP contribution >= 0.6 is 0 Å². The van der Waals surface area contributed by atoms with Crippen molar-refractivity contribution in [1.82, 2.24) is 5.32 Å². The molecule has 1 saturated carbocycles. The number of ether oxygens (including phenoxy) is 1. The van der Waals surface area contributed by atoms with E-state index in [0.29, 0.717) is 25.3 Å². The van der Waals surface area contributed by atoms with Crippen LogP contribution in [0, 0.1) is 5.92 Å². The summed E-state index contributed by atoms with van der Waals surface area (Å²) in [6.07, 6.45) is 3.40. The molecule has 1 aliphatic carbocycles. The molecule has 5 nitrogen and oxygen atoms in total. The van der Waals surface area contributed by atoms with Crippen LogP contribution in [0.2, 0.25) is 0 Å². The van der Waals surface area contributed by atoms with Crippen molar-refractivity contribution in [2.75, 3.05) is 25.2 Å². The Bertz CT molecular complexity index is 402. The number of rotatable bonds is 4. The SMILES string of the molecule is COC(=O)C1(NCC2CC2)CCCS(=O)(=O)C1. The molecule has 1 N–H and O–H groups in total. The molecule has 0 bridgehead atoms. The number of hydrogen-bond acceptors (Lipinski definition) is 5. The van der Waals surface area contributed by atoms with Gasteiger partial charge < -0.3 is 10.1 Å². The summed E-state index contributed by atoms with van der Waals surface area (Å²) in [4.78, 5) is 11.9. The van der Waals surface area contributed by atoms with Crippen LogP contribution in [-0.2, 0) is 19.4 Å². The van der Waals surface area contributed by atoms with Gasteiger partial charge in [-0.2, -0.15) is 0 Å². The smallest absolute Gasteiger partial charge is 0.327 e. The lowest BCUT2D eigenvalue weighted by atomic mass is 9.95. The van der Waals surface area contributed by atoms with Crippen LogP contribution in [-0.4, -0.2) is 45.1 Å². The molecule has 0 spiro atoms. The van der Waals surface area contributed by atoms with Crippen LogP contribution < -0.4 is 5.32 Å². The molecular formula is C11H19NO4S. The molecular weight excluding hydrogens is 242 g/mol. The zero-order chi connectivity index (χ0) is 12.5. The third kappa shape index (κ3) is 2.98. The monoisotopic (exact) mass is 261 g/mol. The predicted octanol–water partition coefficient (Wildman–Crippen LogP) is 0.106. The summed E-state index contributed by atoms with van der Waals surface area (Å²) in [7, 11) is -1.83. The van der Waals surface area contributed by atoms with Gasteiger partial charge in [0.15, 0.2) is 9.84 Å². The predicted molar refractivity (Wildman–Crippen MR) is 63.4 cm³/mol. The Labute approximate surface area is 102 Å². The van der Waals surface area contributed by atoms with Gasteiger partial charge >= 0.3 is 5.97 Å². The zero-order valence-electron chi connectivity index (χ0n) is 10.1. The molecule has 2 rings (SSSR count). The number of carbonyl (C=O) groups is 1. The first-order chi connectivity index (χ1) is 7.97. The molecule has 1 aliphatic heterocycles. The lowest BCUT2D eigenvalue weighted by Gasteiger charge is -2.35. The maximum atomic E-state index is 11.9. The molecule has 1 atom stereocenters. The molecule has 0 amide bonds. The van der Waals surface area contributed by atoms with Crippen molar-refractivity contribution in [2.45, 2.75) is 31.2 Å². The number of methoxy groups -OCH3 is 1. The summed E-state index contributed by atoms with van der Waals surface area (Å²) >= 11 is 0. The van der Waals surface area contributed by atoms with E-state index in [1.807, 2.05) is 0 Å². The van der Waals surface area contributed by atoms with E-state index >= 15 is 0 Å². The normalized spacial score (nSPS) is 32.1. The molecule has 1 saturated heterocycles. The van der Waals surface area contributed by atoms with Crippen LogP contribution in [0.25, 0.3) is 0 Å². The van der Waals surface area contributed by atoms with Crippen molar-refractivity contribution in [1.29, 1.82) is 0 Å². The molecule has 0 aromatic heterocycles. The summed E-state index contributed by atoms with van der Waals surface area (Å²) < 4.78 is 28.2. The average Bonchev–Trinajstić information content (AvgIpc) is 3.07. The van der Waals surface area contributed by atoms with Crippen molar-refractivity contribution in [3.63, 3.8) is 0 Å². The Balaban J connectivity index is 2.12. The summed E-state index contributed by atoms with van der Waals surface area (Å²) in [6, 6.07) is 0. The van der Waals surface area contributed by atoms with Gasteiger partial charge in [0.25, 0.3) is 0 Å². The lowest BCUT2D eigenvalue weighted by molar-refractivity contribution is -0.148. The van der Waals surface area contributed by atoms with E-state index < -0.39 is 21.3 Å². The van der Waals surface area contributed by atoms with Gasteiger partial charge in [-0.05, 0) is 38.1 Å². The van der Waals surface area contributed by atoms with Crippen LogP contribution in [0.15, 0.2) is 0 Å². The third-order valence-corrected chi connectivity index (χ3v) is 5.37. The van der Waals surface area contributed by atoms with Gasteiger partial charge in [0.1, 0.15) is 5.54 Å². The first-order valence-corrected chi connectivity index (χ1v) is 7.83. The van der Waals surface area contributed by atoms with Gasteiger partial charge in [-0.25, -0.2) is 8.42 Å². The zero-order valence-corrected chi connectivity index (χ0v) is 10.9. The number of nitrogens with one attached hydrogen (secondary N) is 1. The van der Waals surface area contributed by atoms with Crippen LogP contribution in [0.4, 0.5) is 0 Å². The topological polar surface area (TPSA) is 72.5 Å². The molecule has 98 valence electrons. The van der Waals surface area contributed by atoms with Gasteiger partial charge in [0.05, 0.1) is 18.6 Å². The molecule has 0 radical (unpaired) electrons. The fraction of sp³-hybridized carbons (Fsp3) is 0.909. The van der Waals surface area contributed by atoms with E-state index in [-0.39, 0.29) is 11.5 Å². The van der Waals surface area contributed by atoms with Crippen molar-refractivity contribution >= 4 is 15.8 Å². The highest BCUT2D eigenvalue weighted by molar-refractivity contribution is 7.91. The van der Waals surface area contributed by atoms with Crippen molar-refractivity contribution < 1.29 is 17.9 Å². The van der Waals surface area contributed by atoms with Gasteiger partial charge in [0.2, 0.25) is 0 Å². The quantitative estimate of drug-likeness (QED) is 0.727. The van der Waals surface area contributed by atoms with Crippen molar-refractivity contribution in [3.05, 3.63) is 0 Å². The third-order valence-electron chi connectivity index (χ3n) is 3.53. The maximum Gasteiger partial charge on any atom is 0.327 e. The molecule has 2 aliphatic rings. The van der Waals surface area contributed by atoms with E-state index in [1.165, 1.54) is 7.11 Å². The summed E-state index contributed by atoms with van der Waals surface area (Å²) in [5.41, 5.74) is -1.01. The highest BCUT2D eigenvalue weighted by Gasteiger charge is 2.46. The molecule has 0 aromatic rings. The van der Waals surface area contributed by atoms with E-state index in [0.717, 1.165) is 12.8 Å². The van der Waals surface area contributed by atoms with Gasteiger partial charge in [-0.3, -0.25) is 4.79 Å². The van der Waals surface area contributed by atoms with E-state index in [9.17, 15) is 13.2 Å². The van der Waals surface area contributed by atoms with Gasteiger partial charge in [0, 0.05) is 0 Å². The second-order valence-electron chi connectivity index (χ2n) is 5.09. The molecule has 17 heavy (non-hydrogen) atoms. The highest BCUT2D eigenvalue weighted by Crippen LogP contribution is 2.30. The van der Waals surface area contributed by atoms with Crippen LogP contribution in [0.5, 0.6) is 0 Å². The Morgan fingerprint density at radius 1 is 1.47 bits per heavy atom. The fourth-order valence-corrected chi connectivity index (χ4v) is 4.19. The Morgan fingerprint density at radius 2 is 2.18 bits per heavy atom. The largest absolute Gasteiger partial charge is 0.468 e. The standard InChI is InChI=1S/C11H19NO4S/c1-16-10(13)11(12-7-9-3-4-9)5-2-6-17(14,15)8-11/h9,12H,2-8H2,1H3. The molecule has 0 aromatic carbocycles. The first-order valence-electron chi connectivity index (χ1n) is 6.01. The first kappa shape index (κ1) is 12.8. The number of esters is 1. The van der Waals surface area contributed by atoms with Gasteiger partial charge in [-0.15, -0.1) is 0 Å². The summed E-state index contributed by atoms with van der Waals surface area (Å²) in [6.45, 7) is 0.713. The minimum atomic E-state index is -3.14. The van der Waals surface area contributed by atoms with E-state index in [1.54, 1.807) is 0 Å². The second kappa shape index (κ2) is 4.57. The molecule has 2 fully saturated rings. The van der Waals surface area contributed by atoms with Crippen LogP contribution in [0.1, 0.15) is 25.7 Å². The molecule has 6 heteroatoms. The number of carbonyl (C=O) groups excluding carboxylic acids is 1. The van der Waals surface area contributed by atoms with Crippen molar-refractivity contribution in [2.24, 2.45) is 5.92 Å². The minimum absolute atomic E-state index is 0.126. The molecule has 1 heterocycles. The highest BCUT2D eigenvalue weighted by atomic mass is 32.2. The molecule has 1 unspecified atom stereocenters. The maximum absolute atomic E-state index is 11.9. The Hall–Kier alpha value is -0.620. The minimum Gasteiger partial charge on any atom is -0.468 e. The summed E-state index contributed by atoms with van der Waals surface area (Å²) in [5, 5.41) is 3.15. The van der Waals surface area contributed by atoms with E-state index in [2.05, 4.69) is 5.32 Å². The van der Waals surface area contributed by atoms with E-state index in [4.69, 9.17) is 4.74 Å². The number of sulfone groups is 1. The number of hydrogen-bond donors (Lipinski definition) is 1. The lowest BCUT2D eigenvalue weighted by Crippen LogP contribution is -2.60. The Kier molecular flexibility index (Phi) is 3.45. The fourth-order valence-electron chi connectivity index (χ4n) is 2.34. The summed E-state index contributed by atoms with van der Waals surface area (Å²) in [5.74, 6) is 0.207. The van der Waals surface area contributed by atoms with Crippen molar-refractivity contribution in [3.8, 4) is 0 Å².